The predicted octanol–water partition coefficient (Wildman–Crippen LogP) is -1.79. The Morgan fingerprint density at radius 1 is 0.714 bits per heavy atom. The van der Waals surface area contributed by atoms with Crippen LogP contribution in [0.25, 0.3) is 12.2 Å². The van der Waals surface area contributed by atoms with E-state index in [4.69, 9.17) is 0 Å². The molecule has 4 heterocycles. The van der Waals surface area contributed by atoms with Gasteiger partial charge in [0.05, 0.1) is 0 Å². The molecule has 0 saturated carbocycles. The minimum absolute atomic E-state index is 0. The molecule has 0 atom stereocenters. The maximum absolute atomic E-state index is 3.79. The highest BCUT2D eigenvalue weighted by atomic mass is 79.9. The Morgan fingerprint density at radius 2 is 1.14 bits per heavy atom. The molecule has 188 valence electrons. The smallest absolute Gasteiger partial charge is 0.209 e. The average molecular weight is 602 g/mol. The molecule has 0 bridgehead atoms. The number of rotatable bonds is 10. The Bertz CT molecular complexity index is 1070. The molecule has 2 aliphatic rings. The van der Waals surface area contributed by atoms with Gasteiger partial charge in [0.15, 0.2) is 11.4 Å². The van der Waals surface area contributed by atoms with E-state index < -0.39 is 0 Å². The Balaban J connectivity index is 0.00000216. The molecule has 4 nitrogen and oxygen atoms in total. The Kier molecular flexibility index (Phi) is 11.4. The predicted molar refractivity (Wildman–Crippen MR) is 139 cm³/mol. The highest BCUT2D eigenvalue weighted by molar-refractivity contribution is 6.15. The zero-order valence-corrected chi connectivity index (χ0v) is 24.5. The van der Waals surface area contributed by atoms with E-state index >= 15 is 0 Å². The molecule has 0 amide bonds. The van der Waals surface area contributed by atoms with Crippen molar-refractivity contribution in [1.82, 2.24) is 9.97 Å². The van der Waals surface area contributed by atoms with Crippen LogP contribution in [0.3, 0.4) is 0 Å². The molecule has 0 aliphatic carbocycles. The van der Waals surface area contributed by atoms with Gasteiger partial charge in [-0.3, -0.25) is 0 Å². The second kappa shape index (κ2) is 13.8. The summed E-state index contributed by atoms with van der Waals surface area (Å²) in [5.74, 6) is 0. The lowest BCUT2D eigenvalue weighted by atomic mass is 9.92. The number of nitrogens with one attached hydrogen (secondary N) is 4. The Labute approximate surface area is 231 Å². The third-order valence-electron chi connectivity index (χ3n) is 6.77. The third-order valence-corrected chi connectivity index (χ3v) is 6.77. The number of aromatic nitrogens is 2. The maximum Gasteiger partial charge on any atom is 0.209 e. The van der Waals surface area contributed by atoms with Gasteiger partial charge >= 0.3 is 0 Å². The zero-order chi connectivity index (χ0) is 23.2. The molecule has 2 aliphatic heterocycles. The van der Waals surface area contributed by atoms with Gasteiger partial charge in [0, 0.05) is 58.2 Å². The summed E-state index contributed by atoms with van der Waals surface area (Å²) in [6.45, 7) is 9.07. The van der Waals surface area contributed by atoms with E-state index in [1.807, 2.05) is 24.5 Å². The molecular weight excluding hydrogens is 564 g/mol. The van der Waals surface area contributed by atoms with Crippen molar-refractivity contribution in [3.05, 3.63) is 81.7 Å². The molecule has 4 N–H and O–H groups in total. The van der Waals surface area contributed by atoms with E-state index in [1.165, 1.54) is 70.8 Å². The lowest BCUT2D eigenvalue weighted by Crippen LogP contribution is -3.00. The number of hydrogen-bond donors (Lipinski definition) is 4. The summed E-state index contributed by atoms with van der Waals surface area (Å²) < 4.78 is 0. The second-order valence-corrected chi connectivity index (χ2v) is 9.17. The number of allylic oxidation sites excluding steroid dienone is 4. The van der Waals surface area contributed by atoms with Crippen LogP contribution in [0.15, 0.2) is 70.3 Å². The number of unbranched alkanes of at least 4 members (excludes halogenated alkanes) is 2. The molecule has 6 heteroatoms. The highest BCUT2D eigenvalue weighted by Gasteiger charge is 2.34. The maximum atomic E-state index is 3.79. The fourth-order valence-corrected chi connectivity index (χ4v) is 4.77. The first-order chi connectivity index (χ1) is 16.1. The van der Waals surface area contributed by atoms with Crippen molar-refractivity contribution in [2.45, 2.75) is 72.6 Å². The van der Waals surface area contributed by atoms with Gasteiger partial charge in [-0.2, -0.15) is 0 Å². The van der Waals surface area contributed by atoms with E-state index in [2.05, 4.69) is 71.9 Å². The minimum atomic E-state index is 0. The zero-order valence-electron chi connectivity index (χ0n) is 21.3. The first-order valence-electron chi connectivity index (χ1n) is 12.5. The van der Waals surface area contributed by atoms with Crippen LogP contribution in [0.2, 0.25) is 0 Å². The highest BCUT2D eigenvalue weighted by Crippen LogP contribution is 2.26. The average Bonchev–Trinajstić information content (AvgIpc) is 3.59. The van der Waals surface area contributed by atoms with Crippen molar-refractivity contribution in [3.8, 4) is 0 Å². The topological polar surface area (TPSA) is 59.5 Å². The van der Waals surface area contributed by atoms with E-state index in [0.29, 0.717) is 0 Å². The SMILES string of the molecule is CCCCC1=C(C)/C(=C/c2ccc[nH]2)[NH+]=C1CC1=[NH+]/C(=C\c2ccc[nH]2)C(C)=C1CCCC.[Br-].[Br-]. The Morgan fingerprint density at radius 3 is 1.49 bits per heavy atom. The first kappa shape index (κ1) is 29.1. The van der Waals surface area contributed by atoms with E-state index in [9.17, 15) is 0 Å². The van der Waals surface area contributed by atoms with Crippen molar-refractivity contribution in [3.63, 3.8) is 0 Å². The fourth-order valence-electron chi connectivity index (χ4n) is 4.77. The van der Waals surface area contributed by atoms with Crippen molar-refractivity contribution in [2.75, 3.05) is 0 Å². The number of H-pyrrole nitrogens is 2. The van der Waals surface area contributed by atoms with Gasteiger partial charge in [0.1, 0.15) is 6.42 Å². The van der Waals surface area contributed by atoms with Gasteiger partial charge < -0.3 is 43.9 Å². The van der Waals surface area contributed by atoms with Crippen LogP contribution < -0.4 is 43.9 Å². The van der Waals surface area contributed by atoms with Crippen molar-refractivity contribution >= 4 is 23.6 Å². The molecule has 0 fully saturated rings. The van der Waals surface area contributed by atoms with Gasteiger partial charge in [0.2, 0.25) is 11.4 Å². The van der Waals surface area contributed by atoms with Crippen LogP contribution in [0.4, 0.5) is 0 Å². The summed E-state index contributed by atoms with van der Waals surface area (Å²) >= 11 is 0. The van der Waals surface area contributed by atoms with Crippen LogP contribution in [0.1, 0.15) is 84.0 Å². The van der Waals surface area contributed by atoms with Crippen LogP contribution in [0.5, 0.6) is 0 Å². The third kappa shape index (κ3) is 6.95. The molecule has 0 spiro atoms. The molecule has 2 aromatic heterocycles. The molecule has 0 aromatic carbocycles. The largest absolute Gasteiger partial charge is 1.00 e. The molecule has 0 radical (unpaired) electrons. The summed E-state index contributed by atoms with van der Waals surface area (Å²) in [5, 5.41) is 0. The van der Waals surface area contributed by atoms with E-state index in [-0.39, 0.29) is 34.0 Å². The molecule has 35 heavy (non-hydrogen) atoms. The standard InChI is InChI=1S/C29H36N4.2BrH/c1-5-7-13-24-20(3)26(17-22-11-9-15-30-22)32-28(24)19-29-25(14-8-6-2)21(4)27(33-29)18-23-12-10-16-31-23;;/h9-12,15-18,30-31H,5-8,13-14,19H2,1-4H3;2*1H/b26-17-,27-18-;;. The summed E-state index contributed by atoms with van der Waals surface area (Å²) in [7, 11) is 0. The summed E-state index contributed by atoms with van der Waals surface area (Å²) in [6, 6.07) is 8.33. The normalized spacial score (nSPS) is 17.7. The van der Waals surface area contributed by atoms with Gasteiger partial charge in [-0.25, -0.2) is 9.98 Å². The quantitative estimate of drug-likeness (QED) is 0.249. The van der Waals surface area contributed by atoms with E-state index in [0.717, 1.165) is 30.7 Å². The summed E-state index contributed by atoms with van der Waals surface area (Å²) in [4.78, 5) is 14.2. The molecule has 0 unspecified atom stereocenters. The van der Waals surface area contributed by atoms with Crippen LogP contribution in [0, 0.1) is 0 Å². The van der Waals surface area contributed by atoms with Crippen LogP contribution in [-0.4, -0.2) is 21.4 Å². The van der Waals surface area contributed by atoms with Crippen LogP contribution in [-0.2, 0) is 0 Å². The number of aromatic amines is 2. The molecule has 0 saturated heterocycles. The van der Waals surface area contributed by atoms with E-state index in [1.54, 1.807) is 0 Å². The Hall–Kier alpha value is -2.18. The van der Waals surface area contributed by atoms with Crippen molar-refractivity contribution in [2.24, 2.45) is 0 Å². The molecule has 2 aromatic rings. The fraction of sp³-hybridized carbons (Fsp3) is 0.379. The van der Waals surface area contributed by atoms with Crippen molar-refractivity contribution < 1.29 is 43.9 Å². The summed E-state index contributed by atoms with van der Waals surface area (Å²) in [5.41, 5.74) is 13.1. The van der Waals surface area contributed by atoms with Gasteiger partial charge in [-0.15, -0.1) is 0 Å². The van der Waals surface area contributed by atoms with Crippen molar-refractivity contribution in [1.29, 1.82) is 0 Å². The summed E-state index contributed by atoms with van der Waals surface area (Å²) in [6.07, 6.45) is 16.4. The number of hydrogen-bond acceptors (Lipinski definition) is 0. The van der Waals surface area contributed by atoms with Crippen LogP contribution >= 0.6 is 0 Å². The molecular formula is C29H38Br2N4. The lowest BCUT2D eigenvalue weighted by Gasteiger charge is -2.04. The number of halogens is 2. The monoisotopic (exact) mass is 600 g/mol. The van der Waals surface area contributed by atoms with Gasteiger partial charge in [-0.1, -0.05) is 26.7 Å². The lowest BCUT2D eigenvalue weighted by molar-refractivity contribution is -0.393. The van der Waals surface area contributed by atoms with Gasteiger partial charge in [-0.05, 0) is 63.8 Å². The molecule has 4 rings (SSSR count). The minimum Gasteiger partial charge on any atom is -1.00 e. The second-order valence-electron chi connectivity index (χ2n) is 9.17. The van der Waals surface area contributed by atoms with Gasteiger partial charge in [0.25, 0.3) is 0 Å². The first-order valence-corrected chi connectivity index (χ1v) is 12.5.